The van der Waals surface area contributed by atoms with Crippen molar-refractivity contribution < 1.29 is 33.3 Å². The fourth-order valence-electron chi connectivity index (χ4n) is 2.02. The maximum atomic E-state index is 15.2. The van der Waals surface area contributed by atoms with Crippen molar-refractivity contribution in [3.05, 3.63) is 41.2 Å². The highest BCUT2D eigenvalue weighted by atomic mass is 19.1. The average molecular weight is 315 g/mol. The molecule has 0 amide bonds. The van der Waals surface area contributed by atoms with E-state index in [0.29, 0.717) is 0 Å². The summed E-state index contributed by atoms with van der Waals surface area (Å²) in [4.78, 5) is 21.9. The van der Waals surface area contributed by atoms with Gasteiger partial charge in [0.1, 0.15) is 0 Å². The van der Waals surface area contributed by atoms with E-state index in [4.69, 9.17) is 20.7 Å². The highest BCUT2D eigenvalue weighted by Crippen LogP contribution is 2.38. The van der Waals surface area contributed by atoms with E-state index in [1.807, 2.05) is 0 Å². The predicted octanol–water partition coefficient (Wildman–Crippen LogP) is 1.44. The molecule has 0 bridgehead atoms. The van der Waals surface area contributed by atoms with Crippen LogP contribution in [0.15, 0.2) is 29.8 Å². The predicted molar refractivity (Wildman–Crippen MR) is 72.8 cm³/mol. The molecule has 0 saturated carbocycles. The Balaban J connectivity index is 3.50. The second-order valence-corrected chi connectivity index (χ2v) is 4.39. The third-order valence-corrected chi connectivity index (χ3v) is 3.02. The number of halogens is 2. The quantitative estimate of drug-likeness (QED) is 0.657. The van der Waals surface area contributed by atoms with Crippen LogP contribution in [0.3, 0.4) is 0 Å². The smallest absolute Gasteiger partial charge is 0.335 e. The Kier molecular flexibility index (Phi) is 5.58. The minimum Gasteiger partial charge on any atom is -0.494 e. The molecule has 22 heavy (non-hydrogen) atoms. The van der Waals surface area contributed by atoms with Gasteiger partial charge in [-0.25, -0.2) is 18.4 Å². The van der Waals surface area contributed by atoms with Crippen molar-refractivity contribution in [3.63, 3.8) is 0 Å². The van der Waals surface area contributed by atoms with E-state index in [1.54, 1.807) is 0 Å². The van der Waals surface area contributed by atoms with Crippen LogP contribution in [-0.2, 0) is 15.3 Å². The van der Waals surface area contributed by atoms with Gasteiger partial charge < -0.3 is 20.7 Å². The van der Waals surface area contributed by atoms with Gasteiger partial charge in [0.2, 0.25) is 0 Å². The number of rotatable bonds is 7. The molecule has 0 aliphatic heterocycles. The van der Waals surface area contributed by atoms with Crippen molar-refractivity contribution in [2.45, 2.75) is 12.1 Å². The van der Waals surface area contributed by atoms with Gasteiger partial charge in [-0.15, -0.1) is 0 Å². The molecular formula is C14H15F2NO5. The zero-order valence-electron chi connectivity index (χ0n) is 11.7. The molecule has 1 aromatic carbocycles. The first kappa shape index (κ1) is 17.6. The Bertz CT molecular complexity index is 617. The highest BCUT2D eigenvalue weighted by molar-refractivity contribution is 5.96. The van der Waals surface area contributed by atoms with Crippen LogP contribution in [0.5, 0.6) is 5.75 Å². The van der Waals surface area contributed by atoms with Gasteiger partial charge in [-0.2, -0.15) is 0 Å². The van der Waals surface area contributed by atoms with Gasteiger partial charge in [0.25, 0.3) is 0 Å². The second-order valence-electron chi connectivity index (χ2n) is 4.39. The Morgan fingerprint density at radius 2 is 2.05 bits per heavy atom. The van der Waals surface area contributed by atoms with Crippen molar-refractivity contribution >= 4 is 11.9 Å². The SMILES string of the molecule is COc1ccc([C@](F)(CCN)/C(=C\C(=O)O)C(=O)O)cc1F. The van der Waals surface area contributed by atoms with Crippen molar-refractivity contribution in [2.24, 2.45) is 5.73 Å². The lowest BCUT2D eigenvalue weighted by Gasteiger charge is -2.26. The van der Waals surface area contributed by atoms with E-state index in [1.165, 1.54) is 7.11 Å². The van der Waals surface area contributed by atoms with Crippen LogP contribution in [0.25, 0.3) is 0 Å². The Morgan fingerprint density at radius 3 is 2.45 bits per heavy atom. The summed E-state index contributed by atoms with van der Waals surface area (Å²) in [5.74, 6) is -4.46. The fourth-order valence-corrected chi connectivity index (χ4v) is 2.02. The number of ether oxygens (including phenoxy) is 1. The molecule has 0 aromatic heterocycles. The molecule has 4 N–H and O–H groups in total. The van der Waals surface area contributed by atoms with Crippen LogP contribution in [0, 0.1) is 5.82 Å². The molecule has 8 heteroatoms. The van der Waals surface area contributed by atoms with Crippen LogP contribution in [-0.4, -0.2) is 35.8 Å². The third-order valence-electron chi connectivity index (χ3n) is 3.02. The number of alkyl halides is 1. The number of aliphatic carboxylic acids is 2. The fraction of sp³-hybridized carbons (Fsp3) is 0.286. The van der Waals surface area contributed by atoms with Crippen LogP contribution >= 0.6 is 0 Å². The molecular weight excluding hydrogens is 300 g/mol. The summed E-state index contributed by atoms with van der Waals surface area (Å²) >= 11 is 0. The van der Waals surface area contributed by atoms with Gasteiger partial charge >= 0.3 is 11.9 Å². The van der Waals surface area contributed by atoms with Crippen LogP contribution in [0.1, 0.15) is 12.0 Å². The summed E-state index contributed by atoms with van der Waals surface area (Å²) in [5.41, 5.74) is 1.16. The van der Waals surface area contributed by atoms with E-state index in [-0.39, 0.29) is 23.9 Å². The number of carbonyl (C=O) groups is 2. The minimum atomic E-state index is -2.74. The van der Waals surface area contributed by atoms with Gasteiger partial charge in [-0.05, 0) is 24.2 Å². The van der Waals surface area contributed by atoms with Crippen molar-refractivity contribution in [1.82, 2.24) is 0 Å². The van der Waals surface area contributed by atoms with E-state index in [0.717, 1.165) is 18.2 Å². The summed E-state index contributed by atoms with van der Waals surface area (Å²) in [6.45, 7) is -0.269. The number of methoxy groups -OCH3 is 1. The zero-order chi connectivity index (χ0) is 16.9. The molecule has 0 heterocycles. The van der Waals surface area contributed by atoms with Crippen LogP contribution < -0.4 is 10.5 Å². The van der Waals surface area contributed by atoms with Gasteiger partial charge in [-0.3, -0.25) is 0 Å². The zero-order valence-corrected chi connectivity index (χ0v) is 11.7. The number of carboxylic acid groups (broad SMARTS) is 2. The van der Waals surface area contributed by atoms with E-state index < -0.39 is 35.4 Å². The molecule has 0 fully saturated rings. The van der Waals surface area contributed by atoms with E-state index in [2.05, 4.69) is 0 Å². The Hall–Kier alpha value is -2.48. The topological polar surface area (TPSA) is 110 Å². The molecule has 1 atom stereocenters. The number of nitrogens with two attached hydrogens (primary N) is 1. The monoisotopic (exact) mass is 315 g/mol. The lowest BCUT2D eigenvalue weighted by atomic mass is 9.84. The molecule has 6 nitrogen and oxygen atoms in total. The molecule has 0 aliphatic rings. The number of benzene rings is 1. The first-order chi connectivity index (χ1) is 10.3. The van der Waals surface area contributed by atoms with Gasteiger partial charge in [0, 0.05) is 12.5 Å². The third kappa shape index (κ3) is 3.59. The van der Waals surface area contributed by atoms with Crippen LogP contribution in [0.4, 0.5) is 8.78 Å². The number of carboxylic acids is 2. The molecule has 120 valence electrons. The average Bonchev–Trinajstić information content (AvgIpc) is 2.44. The Morgan fingerprint density at radius 1 is 1.41 bits per heavy atom. The standard InChI is InChI=1S/C14H15F2NO5/c1-22-11-3-2-8(6-10(11)15)14(16,4-5-17)9(13(20)21)7-12(18)19/h2-3,6-7H,4-5,17H2,1H3,(H,18,19)(H,20,21)/b9-7-/t14-/m1/s1. The molecule has 0 saturated heterocycles. The number of hydrogen-bond donors (Lipinski definition) is 3. The lowest BCUT2D eigenvalue weighted by molar-refractivity contribution is -0.136. The maximum Gasteiger partial charge on any atom is 0.335 e. The first-order valence-corrected chi connectivity index (χ1v) is 6.17. The Labute approximate surface area is 124 Å². The van der Waals surface area contributed by atoms with E-state index in [9.17, 15) is 14.0 Å². The molecule has 1 rings (SSSR count). The highest BCUT2D eigenvalue weighted by Gasteiger charge is 2.40. The summed E-state index contributed by atoms with van der Waals surface area (Å²) in [6.07, 6.45) is -0.287. The first-order valence-electron chi connectivity index (χ1n) is 6.17. The second kappa shape index (κ2) is 6.99. The molecule has 0 aliphatic carbocycles. The molecule has 0 spiro atoms. The largest absolute Gasteiger partial charge is 0.494 e. The molecule has 1 aromatic rings. The minimum absolute atomic E-state index is 0.155. The maximum absolute atomic E-state index is 15.2. The van der Waals surface area contributed by atoms with Crippen molar-refractivity contribution in [2.75, 3.05) is 13.7 Å². The van der Waals surface area contributed by atoms with Crippen molar-refractivity contribution in [1.29, 1.82) is 0 Å². The van der Waals surface area contributed by atoms with Gasteiger partial charge in [-0.1, -0.05) is 6.07 Å². The molecule has 0 unspecified atom stereocenters. The van der Waals surface area contributed by atoms with Gasteiger partial charge in [0.05, 0.1) is 12.7 Å². The summed E-state index contributed by atoms with van der Waals surface area (Å²) in [7, 11) is 1.22. The summed E-state index contributed by atoms with van der Waals surface area (Å²) in [5, 5.41) is 17.8. The van der Waals surface area contributed by atoms with Gasteiger partial charge in [0.15, 0.2) is 17.2 Å². The van der Waals surface area contributed by atoms with E-state index >= 15 is 4.39 Å². The summed E-state index contributed by atoms with van der Waals surface area (Å²) < 4.78 is 33.7. The van der Waals surface area contributed by atoms with Crippen LogP contribution in [0.2, 0.25) is 0 Å². The number of hydrogen-bond acceptors (Lipinski definition) is 4. The normalized spacial score (nSPS) is 14.3. The molecule has 0 radical (unpaired) electrons. The lowest BCUT2D eigenvalue weighted by Crippen LogP contribution is -2.31. The summed E-state index contributed by atoms with van der Waals surface area (Å²) in [6, 6.07) is 3.00. The van der Waals surface area contributed by atoms with Crippen molar-refractivity contribution in [3.8, 4) is 5.75 Å².